The van der Waals surface area contributed by atoms with Crippen molar-refractivity contribution in [2.45, 2.75) is 45.4 Å². The number of piperidine rings is 1. The van der Waals surface area contributed by atoms with Crippen molar-refractivity contribution >= 4 is 28.3 Å². The number of anilines is 2. The molecule has 8 rings (SSSR count). The Bertz CT molecular complexity index is 2520. The number of hydrogen-bond acceptors (Lipinski definition) is 12. The first-order valence-electron chi connectivity index (χ1n) is 18.4. The summed E-state index contributed by atoms with van der Waals surface area (Å²) >= 11 is 0. The van der Waals surface area contributed by atoms with Crippen molar-refractivity contribution in [1.29, 1.82) is 0 Å². The van der Waals surface area contributed by atoms with Crippen LogP contribution >= 0.6 is 0 Å². The first-order valence-corrected chi connectivity index (χ1v) is 18.4. The van der Waals surface area contributed by atoms with E-state index in [-0.39, 0.29) is 29.7 Å². The number of ether oxygens (including phenoxy) is 1. The molecule has 56 heavy (non-hydrogen) atoms. The van der Waals surface area contributed by atoms with Crippen LogP contribution in [0.4, 0.5) is 11.5 Å². The number of nitrogens with zero attached hydrogens (tertiary/aromatic N) is 10. The highest BCUT2D eigenvalue weighted by atomic mass is 16.5. The maximum Gasteiger partial charge on any atom is 0.318 e. The number of rotatable bonds is 12. The number of amides is 1. The van der Waals surface area contributed by atoms with Crippen LogP contribution in [0.1, 0.15) is 52.1 Å². The van der Waals surface area contributed by atoms with E-state index < -0.39 is 0 Å². The second-order valence-electron chi connectivity index (χ2n) is 13.9. The van der Waals surface area contributed by atoms with Crippen LogP contribution in [0.25, 0.3) is 22.2 Å². The van der Waals surface area contributed by atoms with Gasteiger partial charge in [-0.15, -0.1) is 5.10 Å². The van der Waals surface area contributed by atoms with Crippen LogP contribution in [-0.2, 0) is 19.6 Å². The third kappa shape index (κ3) is 7.88. The second-order valence-corrected chi connectivity index (χ2v) is 13.9. The predicted molar refractivity (Wildman–Crippen MR) is 209 cm³/mol. The second kappa shape index (κ2) is 15.9. The molecule has 0 bridgehead atoms. The van der Waals surface area contributed by atoms with Gasteiger partial charge in [0.25, 0.3) is 11.5 Å². The number of H-pyrrole nitrogens is 1. The largest absolute Gasteiger partial charge is 0.467 e. The average molecular weight is 752 g/mol. The van der Waals surface area contributed by atoms with Crippen LogP contribution in [0.2, 0.25) is 0 Å². The fourth-order valence-electron chi connectivity index (χ4n) is 7.03. The molecule has 1 N–H and O–H groups in total. The van der Waals surface area contributed by atoms with Crippen molar-refractivity contribution in [3.05, 3.63) is 136 Å². The summed E-state index contributed by atoms with van der Waals surface area (Å²) in [4.78, 5) is 48.6. The van der Waals surface area contributed by atoms with E-state index in [9.17, 15) is 9.59 Å². The van der Waals surface area contributed by atoms with E-state index in [0.717, 1.165) is 54.0 Å². The molecule has 1 fully saturated rings. The summed E-state index contributed by atoms with van der Waals surface area (Å²) in [7, 11) is 3.50. The molecule has 0 spiro atoms. The quantitative estimate of drug-likeness (QED) is 0.162. The third-order valence-electron chi connectivity index (χ3n) is 10.1. The lowest BCUT2D eigenvalue weighted by Crippen LogP contribution is -2.34. The summed E-state index contributed by atoms with van der Waals surface area (Å²) in [6.45, 7) is 4.60. The van der Waals surface area contributed by atoms with E-state index in [0.29, 0.717) is 47.4 Å². The predicted octanol–water partition coefficient (Wildman–Crippen LogP) is 5.72. The van der Waals surface area contributed by atoms with Gasteiger partial charge < -0.3 is 24.0 Å². The minimum absolute atomic E-state index is 0.0916. The number of aromatic nitrogens is 8. The van der Waals surface area contributed by atoms with Crippen LogP contribution in [0, 0.1) is 6.92 Å². The molecule has 1 aliphatic rings. The number of carbonyl (C=O) groups excluding carboxylic acids is 1. The van der Waals surface area contributed by atoms with Crippen LogP contribution in [0.15, 0.2) is 107 Å². The first-order chi connectivity index (χ1) is 27.3. The van der Waals surface area contributed by atoms with Crippen LogP contribution in [0.3, 0.4) is 0 Å². The Hall–Kier alpha value is -6.74. The molecule has 5 heterocycles. The van der Waals surface area contributed by atoms with Gasteiger partial charge in [0.2, 0.25) is 0 Å². The Kier molecular flexibility index (Phi) is 10.3. The summed E-state index contributed by atoms with van der Waals surface area (Å²) in [5, 5.41) is 13.8. The molecule has 15 nitrogen and oxygen atoms in total. The molecular formula is C41H41N11O4. The van der Waals surface area contributed by atoms with E-state index in [1.165, 1.54) is 0 Å². The normalized spacial score (nSPS) is 13.6. The van der Waals surface area contributed by atoms with Gasteiger partial charge in [-0.3, -0.25) is 14.5 Å². The molecule has 0 saturated carbocycles. The maximum atomic E-state index is 13.9. The van der Waals surface area contributed by atoms with E-state index in [1.54, 1.807) is 42.5 Å². The summed E-state index contributed by atoms with van der Waals surface area (Å²) in [6, 6.07) is 27.1. The molecule has 1 aliphatic heterocycles. The van der Waals surface area contributed by atoms with E-state index >= 15 is 0 Å². The van der Waals surface area contributed by atoms with Crippen molar-refractivity contribution in [3.63, 3.8) is 0 Å². The Balaban J connectivity index is 0.909. The zero-order valence-electron chi connectivity index (χ0n) is 31.4. The Morgan fingerprint density at radius 3 is 2.61 bits per heavy atom. The zero-order chi connectivity index (χ0) is 38.6. The minimum Gasteiger partial charge on any atom is -0.467 e. The fourth-order valence-corrected chi connectivity index (χ4v) is 7.03. The molecule has 1 amide bonds. The summed E-state index contributed by atoms with van der Waals surface area (Å²) in [6.07, 6.45) is 5.45. The van der Waals surface area contributed by atoms with E-state index in [1.807, 2.05) is 65.3 Å². The van der Waals surface area contributed by atoms with Gasteiger partial charge in [0.05, 0.1) is 43.3 Å². The minimum atomic E-state index is -0.318. The molecule has 1 saturated heterocycles. The SMILES string of the molecule is COc1nccc(N(C)c2ccc(C)c(-c3cn(C4CCN(Cc5cc(C(=O)N(Cc6ccccc6)Cc6nc7ccccc7c(=O)[nH]6)no5)CC4)nn3)c2)n1. The lowest BCUT2D eigenvalue weighted by molar-refractivity contribution is 0.0714. The van der Waals surface area contributed by atoms with Gasteiger partial charge in [0.15, 0.2) is 11.5 Å². The number of carbonyl (C=O) groups is 1. The zero-order valence-corrected chi connectivity index (χ0v) is 31.4. The number of methoxy groups -OCH3 is 1. The first kappa shape index (κ1) is 36.2. The number of fused-ring (bicyclic) bond motifs is 1. The van der Waals surface area contributed by atoms with Crippen LogP contribution in [-0.4, -0.2) is 83.0 Å². The fraction of sp³-hybridized carbons (Fsp3) is 0.268. The highest BCUT2D eigenvalue weighted by molar-refractivity contribution is 5.92. The van der Waals surface area contributed by atoms with Gasteiger partial charge in [0, 0.05) is 50.2 Å². The molecule has 284 valence electrons. The van der Waals surface area contributed by atoms with Crippen molar-refractivity contribution in [1.82, 2.24) is 49.9 Å². The molecule has 0 radical (unpaired) electrons. The Morgan fingerprint density at radius 2 is 1.79 bits per heavy atom. The molecular weight excluding hydrogens is 711 g/mol. The van der Waals surface area contributed by atoms with Gasteiger partial charge in [-0.2, -0.15) is 4.98 Å². The molecule has 0 unspecified atom stereocenters. The third-order valence-corrected chi connectivity index (χ3v) is 10.1. The maximum absolute atomic E-state index is 13.9. The molecule has 4 aromatic heterocycles. The summed E-state index contributed by atoms with van der Waals surface area (Å²) in [5.41, 5.74) is 5.31. The Morgan fingerprint density at radius 1 is 0.982 bits per heavy atom. The number of hydrogen-bond donors (Lipinski definition) is 1. The van der Waals surface area contributed by atoms with Gasteiger partial charge in [-0.1, -0.05) is 58.9 Å². The molecule has 7 aromatic rings. The van der Waals surface area contributed by atoms with E-state index in [4.69, 9.17) is 9.26 Å². The summed E-state index contributed by atoms with van der Waals surface area (Å²) in [5.74, 6) is 1.39. The molecule has 0 atom stereocenters. The number of nitrogens with one attached hydrogen (secondary N) is 1. The molecule has 0 aliphatic carbocycles. The van der Waals surface area contributed by atoms with E-state index in [2.05, 4.69) is 65.4 Å². The lowest BCUT2D eigenvalue weighted by atomic mass is 10.0. The molecule has 3 aromatic carbocycles. The number of benzene rings is 3. The van der Waals surface area contributed by atoms with Crippen LogP contribution < -0.4 is 15.2 Å². The van der Waals surface area contributed by atoms with Crippen molar-refractivity contribution in [2.75, 3.05) is 32.1 Å². The van der Waals surface area contributed by atoms with Gasteiger partial charge in [0.1, 0.15) is 17.3 Å². The van der Waals surface area contributed by atoms with Crippen molar-refractivity contribution in [3.8, 4) is 17.3 Å². The number of aryl methyl sites for hydroxylation is 1. The van der Waals surface area contributed by atoms with Crippen molar-refractivity contribution in [2.24, 2.45) is 0 Å². The van der Waals surface area contributed by atoms with Crippen LogP contribution in [0.5, 0.6) is 6.01 Å². The number of aromatic amines is 1. The number of likely N-dealkylation sites (tertiary alicyclic amines) is 1. The lowest BCUT2D eigenvalue weighted by Gasteiger charge is -2.30. The standard InChI is InChI=1S/C41H41N11O4/c1-27-13-14-30(49(2)38-15-18-42-41(45-38)55-3)21-33(27)36-25-52(48-46-36)29-16-19-50(20-17-29)24-31-22-35(47-56-31)40(54)51(23-28-9-5-4-6-10-28)26-37-43-34-12-8-7-11-32(34)39(53)44-37/h4-15,18,21-22,25,29H,16-17,19-20,23-24,26H2,1-3H3,(H,43,44,53). The molecule has 15 heteroatoms. The smallest absolute Gasteiger partial charge is 0.318 e. The van der Waals surface area contributed by atoms with Gasteiger partial charge in [-0.25, -0.2) is 14.6 Å². The summed E-state index contributed by atoms with van der Waals surface area (Å²) < 4.78 is 12.9. The monoisotopic (exact) mass is 751 g/mol. The average Bonchev–Trinajstić information content (AvgIpc) is 3.92. The van der Waals surface area contributed by atoms with Gasteiger partial charge >= 0.3 is 6.01 Å². The van der Waals surface area contributed by atoms with Crippen molar-refractivity contribution < 1.29 is 14.1 Å². The Labute approximate surface area is 322 Å². The highest BCUT2D eigenvalue weighted by Gasteiger charge is 2.26. The highest BCUT2D eigenvalue weighted by Crippen LogP contribution is 2.31. The number of para-hydroxylation sites is 1. The topological polar surface area (TPSA) is 164 Å². The van der Waals surface area contributed by atoms with Gasteiger partial charge in [-0.05, 0) is 61.2 Å².